The smallest absolute Gasteiger partial charge is 0.142 e. The Morgan fingerprint density at radius 3 is 2.73 bits per heavy atom. The molecule has 0 saturated carbocycles. The third kappa shape index (κ3) is 3.78. The maximum absolute atomic E-state index is 6.10. The van der Waals surface area contributed by atoms with Gasteiger partial charge in [-0.1, -0.05) is 43.3 Å². The largest absolute Gasteiger partial charge is 0.492 e. The Bertz CT molecular complexity index is 768. The van der Waals surface area contributed by atoms with E-state index in [1.54, 1.807) is 0 Å². The molecular formula is C23H27NO2. The number of hydrogen-bond acceptors (Lipinski definition) is 3. The van der Waals surface area contributed by atoms with Crippen LogP contribution in [-0.2, 0) is 0 Å². The quantitative estimate of drug-likeness (QED) is 0.763. The molecule has 2 aliphatic heterocycles. The molecule has 136 valence electrons. The minimum atomic E-state index is -0.0380. The van der Waals surface area contributed by atoms with E-state index in [0.717, 1.165) is 35.2 Å². The zero-order chi connectivity index (χ0) is 17.9. The molecule has 2 aromatic carbocycles. The zero-order valence-electron chi connectivity index (χ0n) is 15.6. The zero-order valence-corrected chi connectivity index (χ0v) is 15.6. The van der Waals surface area contributed by atoms with Crippen molar-refractivity contribution in [3.63, 3.8) is 0 Å². The lowest BCUT2D eigenvalue weighted by Crippen LogP contribution is -2.35. The van der Waals surface area contributed by atoms with Crippen molar-refractivity contribution in [1.29, 1.82) is 0 Å². The van der Waals surface area contributed by atoms with Gasteiger partial charge < -0.3 is 9.47 Å². The van der Waals surface area contributed by atoms with Crippen molar-refractivity contribution >= 4 is 6.08 Å². The maximum atomic E-state index is 6.10. The van der Waals surface area contributed by atoms with Crippen LogP contribution < -0.4 is 9.47 Å². The highest BCUT2D eigenvalue weighted by molar-refractivity contribution is 5.60. The van der Waals surface area contributed by atoms with E-state index in [2.05, 4.69) is 49.1 Å². The Kier molecular flexibility index (Phi) is 4.98. The molecule has 0 radical (unpaired) electrons. The van der Waals surface area contributed by atoms with E-state index in [4.69, 9.17) is 9.47 Å². The molecule has 1 saturated heterocycles. The first-order valence-corrected chi connectivity index (χ1v) is 9.60. The average molecular weight is 349 g/mol. The topological polar surface area (TPSA) is 21.7 Å². The van der Waals surface area contributed by atoms with Crippen molar-refractivity contribution in [2.45, 2.75) is 32.4 Å². The fraction of sp³-hybridized carbons (Fsp3) is 0.391. The summed E-state index contributed by atoms with van der Waals surface area (Å²) in [5.41, 5.74) is 2.28. The van der Waals surface area contributed by atoms with E-state index in [1.165, 1.54) is 19.5 Å². The van der Waals surface area contributed by atoms with E-state index < -0.39 is 0 Å². The molecule has 3 nitrogen and oxygen atoms in total. The fourth-order valence-electron chi connectivity index (χ4n) is 3.72. The highest BCUT2D eigenvalue weighted by Crippen LogP contribution is 2.32. The first-order valence-electron chi connectivity index (χ1n) is 9.60. The molecule has 0 aliphatic carbocycles. The van der Waals surface area contributed by atoms with E-state index in [1.807, 2.05) is 30.3 Å². The van der Waals surface area contributed by atoms with Gasteiger partial charge in [0.25, 0.3) is 0 Å². The van der Waals surface area contributed by atoms with Crippen molar-refractivity contribution in [3.05, 3.63) is 65.7 Å². The van der Waals surface area contributed by atoms with Gasteiger partial charge in [-0.25, -0.2) is 0 Å². The van der Waals surface area contributed by atoms with Crippen LogP contribution in [0.25, 0.3) is 6.08 Å². The number of benzene rings is 2. The third-order valence-corrected chi connectivity index (χ3v) is 5.40. The van der Waals surface area contributed by atoms with Crippen LogP contribution in [0.15, 0.2) is 54.6 Å². The summed E-state index contributed by atoms with van der Waals surface area (Å²) in [5, 5.41) is 0. The number of likely N-dealkylation sites (tertiary alicyclic amines) is 1. The van der Waals surface area contributed by atoms with Crippen LogP contribution in [0.3, 0.4) is 0 Å². The molecule has 0 N–H and O–H groups in total. The van der Waals surface area contributed by atoms with Gasteiger partial charge in [0.2, 0.25) is 0 Å². The standard InChI is InChI=1S/C23H27NO2/c1-17-13-14-24(15-17)18(2)16-25-21-10-7-20(8-11-21)23-12-9-19-5-3-4-6-22(19)26-23/h3-12,17-18,23H,13-16H2,1-2H3/t17-,18+,23?/m0/s1. The molecule has 3 heteroatoms. The van der Waals surface area contributed by atoms with Gasteiger partial charge in [0.1, 0.15) is 24.2 Å². The van der Waals surface area contributed by atoms with E-state index in [9.17, 15) is 0 Å². The number of ether oxygens (including phenoxy) is 2. The summed E-state index contributed by atoms with van der Waals surface area (Å²) < 4.78 is 12.1. The minimum Gasteiger partial charge on any atom is -0.492 e. The Balaban J connectivity index is 1.34. The summed E-state index contributed by atoms with van der Waals surface area (Å²) in [5.74, 6) is 2.67. The molecule has 0 amide bonds. The van der Waals surface area contributed by atoms with Gasteiger partial charge in [0, 0.05) is 18.2 Å². The predicted molar refractivity (Wildman–Crippen MR) is 106 cm³/mol. The lowest BCUT2D eigenvalue weighted by Gasteiger charge is -2.24. The summed E-state index contributed by atoms with van der Waals surface area (Å²) in [6.07, 6.45) is 5.50. The molecule has 2 aromatic rings. The van der Waals surface area contributed by atoms with Gasteiger partial charge in [0.15, 0.2) is 0 Å². The molecule has 3 atom stereocenters. The highest BCUT2D eigenvalue weighted by atomic mass is 16.5. The molecule has 26 heavy (non-hydrogen) atoms. The molecule has 2 heterocycles. The summed E-state index contributed by atoms with van der Waals surface area (Å²) in [4.78, 5) is 2.52. The first kappa shape index (κ1) is 17.2. The second-order valence-corrected chi connectivity index (χ2v) is 7.55. The predicted octanol–water partition coefficient (Wildman–Crippen LogP) is 4.94. The number of rotatable bonds is 5. The second kappa shape index (κ2) is 7.55. The van der Waals surface area contributed by atoms with Crippen LogP contribution in [-0.4, -0.2) is 30.6 Å². The van der Waals surface area contributed by atoms with Gasteiger partial charge in [-0.05, 0) is 55.6 Å². The number of para-hydroxylation sites is 1. The second-order valence-electron chi connectivity index (χ2n) is 7.55. The van der Waals surface area contributed by atoms with Crippen molar-refractivity contribution in [2.75, 3.05) is 19.7 Å². The summed E-state index contributed by atoms with van der Waals surface area (Å²) >= 11 is 0. The summed E-state index contributed by atoms with van der Waals surface area (Å²) in [6.45, 7) is 7.70. The number of fused-ring (bicyclic) bond motifs is 1. The van der Waals surface area contributed by atoms with Crippen molar-refractivity contribution in [2.24, 2.45) is 5.92 Å². The normalized spacial score (nSPS) is 23.3. The molecule has 0 aromatic heterocycles. The van der Waals surface area contributed by atoms with Crippen molar-refractivity contribution in [1.82, 2.24) is 4.90 Å². The van der Waals surface area contributed by atoms with Gasteiger partial charge in [-0.3, -0.25) is 4.90 Å². The lowest BCUT2D eigenvalue weighted by molar-refractivity contribution is 0.169. The Morgan fingerprint density at radius 2 is 1.96 bits per heavy atom. The lowest BCUT2D eigenvalue weighted by atomic mass is 10.0. The van der Waals surface area contributed by atoms with Gasteiger partial charge in [-0.2, -0.15) is 0 Å². The third-order valence-electron chi connectivity index (χ3n) is 5.40. The average Bonchev–Trinajstić information content (AvgIpc) is 3.12. The molecule has 0 spiro atoms. The maximum Gasteiger partial charge on any atom is 0.142 e. The van der Waals surface area contributed by atoms with Crippen LogP contribution in [0.5, 0.6) is 11.5 Å². The molecular weight excluding hydrogens is 322 g/mol. The van der Waals surface area contributed by atoms with E-state index in [0.29, 0.717) is 6.04 Å². The monoisotopic (exact) mass is 349 g/mol. The SMILES string of the molecule is C[C@H]1CCN([C@H](C)COc2ccc(C3C=Cc4ccccc4O3)cc2)C1. The Hall–Kier alpha value is -2.26. The molecule has 1 unspecified atom stereocenters. The first-order chi connectivity index (χ1) is 12.7. The van der Waals surface area contributed by atoms with Crippen LogP contribution in [0.2, 0.25) is 0 Å². The fourth-order valence-corrected chi connectivity index (χ4v) is 3.72. The number of hydrogen-bond donors (Lipinski definition) is 0. The van der Waals surface area contributed by atoms with Crippen molar-refractivity contribution in [3.8, 4) is 11.5 Å². The highest BCUT2D eigenvalue weighted by Gasteiger charge is 2.23. The minimum absolute atomic E-state index is 0.0380. The number of nitrogens with zero attached hydrogens (tertiary/aromatic N) is 1. The molecule has 4 rings (SSSR count). The van der Waals surface area contributed by atoms with Crippen LogP contribution >= 0.6 is 0 Å². The van der Waals surface area contributed by atoms with E-state index in [-0.39, 0.29) is 6.10 Å². The Labute approximate surface area is 156 Å². The molecule has 1 fully saturated rings. The van der Waals surface area contributed by atoms with Crippen LogP contribution in [0.4, 0.5) is 0 Å². The Morgan fingerprint density at radius 1 is 1.15 bits per heavy atom. The van der Waals surface area contributed by atoms with E-state index >= 15 is 0 Å². The molecule has 0 bridgehead atoms. The van der Waals surface area contributed by atoms with Crippen molar-refractivity contribution < 1.29 is 9.47 Å². The van der Waals surface area contributed by atoms with Crippen LogP contribution in [0, 0.1) is 5.92 Å². The van der Waals surface area contributed by atoms with Gasteiger partial charge >= 0.3 is 0 Å². The molecule has 2 aliphatic rings. The summed E-state index contributed by atoms with van der Waals surface area (Å²) in [7, 11) is 0. The van der Waals surface area contributed by atoms with Gasteiger partial charge in [0.05, 0.1) is 0 Å². The van der Waals surface area contributed by atoms with Crippen LogP contribution in [0.1, 0.15) is 37.5 Å². The van der Waals surface area contributed by atoms with Gasteiger partial charge in [-0.15, -0.1) is 0 Å². The summed E-state index contributed by atoms with van der Waals surface area (Å²) in [6, 6.07) is 16.9.